The number of allylic oxidation sites excluding steroid dienone is 1. The maximum atomic E-state index is 14.1. The van der Waals surface area contributed by atoms with E-state index in [-0.39, 0.29) is 12.9 Å². The first kappa shape index (κ1) is 21.2. The van der Waals surface area contributed by atoms with Gasteiger partial charge in [-0.05, 0) is 26.0 Å². The number of halogens is 2. The first-order valence-corrected chi connectivity index (χ1v) is 9.90. The molecule has 3 rings (SSSR count). The lowest BCUT2D eigenvalue weighted by Gasteiger charge is -2.29. The molecule has 1 atom stereocenters. The minimum Gasteiger partial charge on any atom is -0.376 e. The molecule has 0 bridgehead atoms. The second-order valence-electron chi connectivity index (χ2n) is 6.38. The molecule has 0 saturated carbocycles. The molecule has 0 unspecified atom stereocenters. The maximum absolute atomic E-state index is 14.1. The van der Waals surface area contributed by atoms with E-state index in [0.29, 0.717) is 17.8 Å². The van der Waals surface area contributed by atoms with Crippen molar-refractivity contribution in [2.45, 2.75) is 24.8 Å². The molecule has 1 radical (unpaired) electrons. The van der Waals surface area contributed by atoms with Gasteiger partial charge in [-0.15, -0.1) is 0 Å². The number of sulfonamides is 1. The van der Waals surface area contributed by atoms with Crippen LogP contribution in [0.25, 0.3) is 0 Å². The lowest BCUT2D eigenvalue weighted by Crippen LogP contribution is -2.52. The Bertz CT molecular complexity index is 1150. The van der Waals surface area contributed by atoms with Gasteiger partial charge in [0, 0.05) is 9.05 Å². The fourth-order valence-electron chi connectivity index (χ4n) is 2.90. The van der Waals surface area contributed by atoms with Crippen LogP contribution in [0.3, 0.4) is 0 Å². The second kappa shape index (κ2) is 7.71. The van der Waals surface area contributed by atoms with Crippen LogP contribution in [0.15, 0.2) is 33.9 Å². The summed E-state index contributed by atoms with van der Waals surface area (Å²) >= 11 is 0. The van der Waals surface area contributed by atoms with Gasteiger partial charge in [0.2, 0.25) is 5.91 Å². The number of carbonyl (C=O) groups excluding carboxylic acids is 2. The number of benzene rings is 1. The molecular formula is C17H19F2N6O4S. The van der Waals surface area contributed by atoms with E-state index in [2.05, 4.69) is 20.9 Å². The van der Waals surface area contributed by atoms with Crippen molar-refractivity contribution in [3.63, 3.8) is 0 Å². The normalized spacial score (nSPS) is 18.8. The highest BCUT2D eigenvalue weighted by atomic mass is 32.2. The zero-order valence-electron chi connectivity index (χ0n) is 15.7. The number of anilines is 1. The van der Waals surface area contributed by atoms with Crippen molar-refractivity contribution in [1.29, 1.82) is 5.26 Å². The lowest BCUT2D eigenvalue weighted by molar-refractivity contribution is -0.121. The maximum Gasteiger partial charge on any atom is 0.336 e. The van der Waals surface area contributed by atoms with Crippen LogP contribution in [-0.2, 0) is 14.8 Å². The number of rotatable bonds is 4. The minimum atomic E-state index is -4.82. The van der Waals surface area contributed by atoms with E-state index in [9.17, 15) is 26.8 Å². The van der Waals surface area contributed by atoms with Crippen LogP contribution in [0.4, 0.5) is 19.3 Å². The predicted molar refractivity (Wildman–Crippen MR) is 104 cm³/mol. The molecule has 1 aromatic carbocycles. The van der Waals surface area contributed by atoms with Crippen LogP contribution in [0, 0.1) is 29.0 Å². The van der Waals surface area contributed by atoms with Gasteiger partial charge in [0.05, 0.1) is 17.4 Å². The van der Waals surface area contributed by atoms with Crippen LogP contribution >= 0.6 is 0 Å². The van der Waals surface area contributed by atoms with Gasteiger partial charge in [0.15, 0.2) is 17.3 Å². The molecule has 1 aromatic rings. The van der Waals surface area contributed by atoms with Gasteiger partial charge >= 0.3 is 6.03 Å². The highest BCUT2D eigenvalue weighted by molar-refractivity contribution is 7.90. The van der Waals surface area contributed by atoms with Crippen LogP contribution in [0.2, 0.25) is 0 Å². The van der Waals surface area contributed by atoms with E-state index >= 15 is 0 Å². The van der Waals surface area contributed by atoms with Gasteiger partial charge in [-0.1, -0.05) is 0 Å². The number of hydrogen-bond donors (Lipinski definition) is 3. The van der Waals surface area contributed by atoms with E-state index < -0.39 is 56.8 Å². The Morgan fingerprint density at radius 1 is 1.43 bits per heavy atom. The Morgan fingerprint density at radius 3 is 2.80 bits per heavy atom. The van der Waals surface area contributed by atoms with Gasteiger partial charge in [-0.25, -0.2) is 31.3 Å². The van der Waals surface area contributed by atoms with Crippen molar-refractivity contribution >= 4 is 33.4 Å². The van der Waals surface area contributed by atoms with Crippen LogP contribution in [-0.4, -0.2) is 43.0 Å². The highest BCUT2D eigenvalue weighted by Crippen LogP contribution is 2.33. The van der Waals surface area contributed by atoms with E-state index in [1.807, 2.05) is 6.07 Å². The van der Waals surface area contributed by atoms with Crippen molar-refractivity contribution in [3.05, 3.63) is 41.7 Å². The molecule has 30 heavy (non-hydrogen) atoms. The third-order valence-electron chi connectivity index (χ3n) is 4.31. The molecule has 3 amide bonds. The molecule has 13 heteroatoms. The summed E-state index contributed by atoms with van der Waals surface area (Å²) in [7, 11) is -4.82. The average molecular weight is 441 g/mol. The first-order valence-electron chi connectivity index (χ1n) is 8.46. The third kappa shape index (κ3) is 3.69. The van der Waals surface area contributed by atoms with Crippen molar-refractivity contribution < 1.29 is 29.6 Å². The monoisotopic (exact) mass is 441 g/mol. The van der Waals surface area contributed by atoms with Crippen molar-refractivity contribution in [3.8, 4) is 6.07 Å². The summed E-state index contributed by atoms with van der Waals surface area (Å²) < 4.78 is 53.0. The van der Waals surface area contributed by atoms with Gasteiger partial charge in [-0.2, -0.15) is 5.26 Å². The van der Waals surface area contributed by atoms with E-state index in [1.54, 1.807) is 6.92 Å². The predicted octanol–water partition coefficient (Wildman–Crippen LogP) is 1.46. The Morgan fingerprint density at radius 2 is 2.13 bits per heavy atom. The second-order valence-corrected chi connectivity index (χ2v) is 8.18. The van der Waals surface area contributed by atoms with Gasteiger partial charge < -0.3 is 16.0 Å². The molecule has 0 saturated heterocycles. The summed E-state index contributed by atoms with van der Waals surface area (Å²) in [5.74, 6) is -3.97. The van der Waals surface area contributed by atoms with Crippen LogP contribution < -0.4 is 16.0 Å². The summed E-state index contributed by atoms with van der Waals surface area (Å²) in [5.41, 5.74) is -0.0248. The van der Waals surface area contributed by atoms with Crippen LogP contribution in [0.1, 0.15) is 16.7 Å². The summed E-state index contributed by atoms with van der Waals surface area (Å²) in [5, 5.41) is 16.3. The largest absolute Gasteiger partial charge is 0.376 e. The number of aliphatic imine (C=N–C) groups is 1. The number of nitrogens with one attached hydrogen (secondary N) is 3. The molecule has 2 aliphatic rings. The standard InChI is InChI=1S/C17H15F2N6O4S.2H2/c1-8-15(23-10(5-20)6-21-8)9(2)22-13(26)7-25-17(27)24-12-4-3-11(18)14(19)16(12)30(25,28)29;;/h3-4,6,9,21H,7H2,1-2H3,(H,22,26)(H,24,27);2*1H/t9-;;/m0../s1. The number of hydrogen-bond acceptors (Lipinski definition) is 7. The molecule has 3 N–H and O–H groups in total. The number of nitriles is 1. The fourth-order valence-corrected chi connectivity index (χ4v) is 4.39. The highest BCUT2D eigenvalue weighted by Gasteiger charge is 2.41. The topological polar surface area (TPSA) is 144 Å². The van der Waals surface area contributed by atoms with Crippen molar-refractivity contribution in [2.75, 3.05) is 11.9 Å². The summed E-state index contributed by atoms with van der Waals surface area (Å²) in [6.07, 6.45) is 1.38. The number of carbonyl (C=O) groups is 2. The quantitative estimate of drug-likeness (QED) is 0.645. The van der Waals surface area contributed by atoms with Crippen LogP contribution in [0.5, 0.6) is 0 Å². The first-order chi connectivity index (χ1) is 14.1. The molecule has 2 heterocycles. The molecule has 10 nitrogen and oxygen atoms in total. The van der Waals surface area contributed by atoms with E-state index in [1.165, 1.54) is 13.1 Å². The third-order valence-corrected chi connectivity index (χ3v) is 6.10. The average Bonchev–Trinajstić information content (AvgIpc) is 2.68. The minimum absolute atomic E-state index is 0. The van der Waals surface area contributed by atoms with E-state index in [0.717, 1.165) is 6.07 Å². The molecule has 0 aromatic heterocycles. The summed E-state index contributed by atoms with van der Waals surface area (Å²) in [4.78, 5) is 27.6. The van der Waals surface area contributed by atoms with Crippen molar-refractivity contribution in [1.82, 2.24) is 14.9 Å². The van der Waals surface area contributed by atoms with Gasteiger partial charge in [0.1, 0.15) is 23.6 Å². The Balaban J connectivity index is 0.00000256. The Hall–Kier alpha value is -3.53. The van der Waals surface area contributed by atoms with E-state index in [4.69, 9.17) is 5.26 Å². The van der Waals surface area contributed by atoms with Gasteiger partial charge in [0.25, 0.3) is 10.0 Å². The number of amides is 3. The molecule has 0 fully saturated rings. The van der Waals surface area contributed by atoms with Crippen molar-refractivity contribution in [2.24, 2.45) is 4.99 Å². The zero-order chi connectivity index (χ0) is 22.2. The Labute approximate surface area is 173 Å². The molecule has 2 aliphatic heterocycles. The summed E-state index contributed by atoms with van der Waals surface area (Å²) in [6.45, 7) is 2.22. The summed E-state index contributed by atoms with van der Waals surface area (Å²) in [6, 6.07) is 2.04. The SMILES string of the molecule is C[C]1NC=C(C#N)N=C1[C@H](C)NC(=O)CN1C(=O)Nc2ccc(F)c(F)c2S1(=O)=O.[HH].[HH]. The number of nitrogens with zero attached hydrogens (tertiary/aromatic N) is 3. The molecule has 0 aliphatic carbocycles. The smallest absolute Gasteiger partial charge is 0.336 e. The lowest BCUT2D eigenvalue weighted by atomic mass is 10.1. The molecule has 161 valence electrons. The number of fused-ring (bicyclic) bond motifs is 1. The molecule has 0 spiro atoms. The molecular weight excluding hydrogens is 422 g/mol. The fraction of sp³-hybridized carbons (Fsp3) is 0.235. The Kier molecular flexibility index (Phi) is 5.45. The van der Waals surface area contributed by atoms with Gasteiger partial charge in [-0.3, -0.25) is 4.79 Å². The zero-order valence-corrected chi connectivity index (χ0v) is 16.5. The number of urea groups is 1.